The Bertz CT molecular complexity index is 894. The maximum Gasteiger partial charge on any atom is 0.156 e. The Kier molecular flexibility index (Phi) is 4.47. The van der Waals surface area contributed by atoms with Crippen molar-refractivity contribution in [1.29, 1.82) is 0 Å². The molecule has 0 radical (unpaired) electrons. The van der Waals surface area contributed by atoms with Gasteiger partial charge in [-0.25, -0.2) is 13.4 Å². The fourth-order valence-electron chi connectivity index (χ4n) is 2.29. The topological polar surface area (TPSA) is 88.6 Å². The second-order valence-electron chi connectivity index (χ2n) is 5.11. The van der Waals surface area contributed by atoms with Gasteiger partial charge in [-0.15, -0.1) is 0 Å². The van der Waals surface area contributed by atoms with Crippen molar-refractivity contribution in [2.24, 2.45) is 0 Å². The van der Waals surface area contributed by atoms with Crippen LogP contribution in [0.5, 0.6) is 0 Å². The highest BCUT2D eigenvalue weighted by molar-refractivity contribution is 7.71. The van der Waals surface area contributed by atoms with Crippen LogP contribution in [-0.2, 0) is 22.9 Å². The summed E-state index contributed by atoms with van der Waals surface area (Å²) in [5, 5.41) is 0. The predicted octanol–water partition coefficient (Wildman–Crippen LogP) is 2.21. The molecule has 3 rings (SSSR count). The molecule has 0 amide bonds. The van der Waals surface area contributed by atoms with E-state index in [-0.39, 0.29) is 5.75 Å². The highest BCUT2D eigenvalue weighted by Gasteiger charge is 2.07. The second-order valence-corrected chi connectivity index (χ2v) is 6.09. The van der Waals surface area contributed by atoms with Gasteiger partial charge in [0.1, 0.15) is 16.4 Å². The first-order chi connectivity index (χ1) is 11.2. The number of hydrogen-bond donors (Lipinski definition) is 2. The summed E-state index contributed by atoms with van der Waals surface area (Å²) in [4.78, 5) is 16.0. The van der Waals surface area contributed by atoms with Crippen molar-refractivity contribution in [1.82, 2.24) is 19.9 Å². The lowest BCUT2D eigenvalue weighted by Gasteiger charge is -2.04. The van der Waals surface area contributed by atoms with Gasteiger partial charge >= 0.3 is 0 Å². The standard InChI is InChI=1S/C16H16N4O2S/c1-2-14-9-19-16(20-14)15-6-12(3-4-18-15)13-5-11(7-17-8-13)10-23(21)22/h3-9,23H,2,10H2,1H3,(H,19,20). The van der Waals surface area contributed by atoms with Crippen molar-refractivity contribution in [3.8, 4) is 22.6 Å². The number of aromatic nitrogens is 4. The van der Waals surface area contributed by atoms with Crippen molar-refractivity contribution >= 4 is 10.7 Å². The van der Waals surface area contributed by atoms with Crippen LogP contribution in [0.15, 0.2) is 43.0 Å². The Balaban J connectivity index is 1.96. The summed E-state index contributed by atoms with van der Waals surface area (Å²) in [5.74, 6) is 0.710. The molecule has 3 heterocycles. The number of hydrogen-bond acceptors (Lipinski definition) is 5. The zero-order valence-electron chi connectivity index (χ0n) is 12.6. The van der Waals surface area contributed by atoms with Crippen LogP contribution < -0.4 is 0 Å². The highest BCUT2D eigenvalue weighted by Crippen LogP contribution is 2.23. The van der Waals surface area contributed by atoms with Crippen LogP contribution >= 0.6 is 0 Å². The summed E-state index contributed by atoms with van der Waals surface area (Å²) in [7, 11) is -2.47. The molecule has 23 heavy (non-hydrogen) atoms. The summed E-state index contributed by atoms with van der Waals surface area (Å²) in [6, 6.07) is 5.61. The monoisotopic (exact) mass is 328 g/mol. The molecule has 0 fully saturated rings. The first-order valence-electron chi connectivity index (χ1n) is 7.22. The van der Waals surface area contributed by atoms with Crippen LogP contribution in [0, 0.1) is 0 Å². The van der Waals surface area contributed by atoms with Gasteiger partial charge in [-0.2, -0.15) is 0 Å². The molecule has 0 saturated heterocycles. The van der Waals surface area contributed by atoms with Gasteiger partial charge in [-0.1, -0.05) is 6.92 Å². The molecule has 0 bridgehead atoms. The SMILES string of the molecule is CCc1cnc(-c2cc(-c3cncc(C[SH](=O)=O)c3)ccn2)[nH]1. The molecule has 6 nitrogen and oxygen atoms in total. The molecule has 0 unspecified atom stereocenters. The van der Waals surface area contributed by atoms with E-state index in [1.165, 1.54) is 0 Å². The molecule has 0 aliphatic heterocycles. The van der Waals surface area contributed by atoms with Gasteiger partial charge in [0.15, 0.2) is 5.82 Å². The van der Waals surface area contributed by atoms with E-state index >= 15 is 0 Å². The number of thiol groups is 1. The maximum atomic E-state index is 10.9. The van der Waals surface area contributed by atoms with Gasteiger partial charge in [0.2, 0.25) is 0 Å². The van der Waals surface area contributed by atoms with Gasteiger partial charge in [0, 0.05) is 36.0 Å². The molecular weight excluding hydrogens is 312 g/mol. The normalized spacial score (nSPS) is 11.0. The minimum absolute atomic E-state index is 0.00778. The molecule has 0 aliphatic carbocycles. The number of pyridine rings is 2. The quantitative estimate of drug-likeness (QED) is 0.701. The molecule has 0 aliphatic rings. The van der Waals surface area contributed by atoms with Gasteiger partial charge in [0.05, 0.1) is 5.75 Å². The van der Waals surface area contributed by atoms with Crippen molar-refractivity contribution in [2.45, 2.75) is 19.1 Å². The third-order valence-corrected chi connectivity index (χ3v) is 4.08. The van der Waals surface area contributed by atoms with Crippen LogP contribution in [0.25, 0.3) is 22.6 Å². The van der Waals surface area contributed by atoms with E-state index in [1.807, 2.05) is 18.2 Å². The molecule has 1 N–H and O–H groups in total. The summed E-state index contributed by atoms with van der Waals surface area (Å²) in [6.45, 7) is 2.05. The molecule has 3 aromatic rings. The maximum absolute atomic E-state index is 10.9. The van der Waals surface area contributed by atoms with Crippen LogP contribution in [0.2, 0.25) is 0 Å². The van der Waals surface area contributed by atoms with Gasteiger partial charge in [-0.3, -0.25) is 9.97 Å². The number of aromatic amines is 1. The zero-order valence-corrected chi connectivity index (χ0v) is 13.5. The molecule has 7 heteroatoms. The minimum atomic E-state index is -2.47. The van der Waals surface area contributed by atoms with Crippen molar-refractivity contribution in [2.75, 3.05) is 0 Å². The smallest absolute Gasteiger partial charge is 0.156 e. The number of nitrogens with zero attached hydrogens (tertiary/aromatic N) is 3. The van der Waals surface area contributed by atoms with Gasteiger partial charge < -0.3 is 4.98 Å². The third-order valence-electron chi connectivity index (χ3n) is 3.45. The lowest BCUT2D eigenvalue weighted by molar-refractivity contribution is 0.614. The van der Waals surface area contributed by atoms with Crippen molar-refractivity contribution < 1.29 is 8.42 Å². The molecule has 3 aromatic heterocycles. The van der Waals surface area contributed by atoms with E-state index in [1.54, 1.807) is 24.8 Å². The van der Waals surface area contributed by atoms with E-state index in [0.717, 1.165) is 34.8 Å². The summed E-state index contributed by atoms with van der Waals surface area (Å²) >= 11 is 0. The first kappa shape index (κ1) is 15.4. The van der Waals surface area contributed by atoms with Crippen molar-refractivity contribution in [3.63, 3.8) is 0 Å². The minimum Gasteiger partial charge on any atom is -0.341 e. The lowest BCUT2D eigenvalue weighted by Crippen LogP contribution is -1.91. The van der Waals surface area contributed by atoms with Gasteiger partial charge in [-0.05, 0) is 35.7 Å². The molecule has 0 aromatic carbocycles. The number of aryl methyl sites for hydroxylation is 1. The molecule has 0 atom stereocenters. The summed E-state index contributed by atoms with van der Waals surface area (Å²) < 4.78 is 21.7. The van der Waals surface area contributed by atoms with E-state index in [9.17, 15) is 8.42 Å². The summed E-state index contributed by atoms with van der Waals surface area (Å²) in [6.07, 6.45) is 7.67. The predicted molar refractivity (Wildman–Crippen MR) is 88.4 cm³/mol. The first-order valence-corrected chi connectivity index (χ1v) is 8.58. The van der Waals surface area contributed by atoms with Crippen molar-refractivity contribution in [3.05, 3.63) is 54.2 Å². The summed E-state index contributed by atoms with van der Waals surface area (Å²) in [5.41, 5.74) is 4.23. The van der Waals surface area contributed by atoms with E-state index in [2.05, 4.69) is 26.9 Å². The van der Waals surface area contributed by atoms with Crippen LogP contribution in [0.1, 0.15) is 18.2 Å². The molecule has 0 spiro atoms. The number of rotatable bonds is 5. The van der Waals surface area contributed by atoms with Crippen LogP contribution in [0.3, 0.4) is 0 Å². The number of nitrogens with one attached hydrogen (secondary N) is 1. The molecular formula is C16H16N4O2S. The Morgan fingerprint density at radius 3 is 2.70 bits per heavy atom. The fraction of sp³-hybridized carbons (Fsp3) is 0.188. The van der Waals surface area contributed by atoms with E-state index < -0.39 is 10.7 Å². The zero-order chi connectivity index (χ0) is 16.2. The Morgan fingerprint density at radius 2 is 1.96 bits per heavy atom. The molecule has 118 valence electrons. The van der Waals surface area contributed by atoms with Crippen LogP contribution in [0.4, 0.5) is 0 Å². The van der Waals surface area contributed by atoms with E-state index in [4.69, 9.17) is 0 Å². The Morgan fingerprint density at radius 1 is 1.09 bits per heavy atom. The average Bonchev–Trinajstić information content (AvgIpc) is 3.04. The second kappa shape index (κ2) is 6.70. The average molecular weight is 328 g/mol. The fourth-order valence-corrected chi connectivity index (χ4v) is 2.76. The third kappa shape index (κ3) is 3.62. The Hall–Kier alpha value is -2.54. The number of H-pyrrole nitrogens is 1. The Labute approximate surface area is 135 Å². The lowest BCUT2D eigenvalue weighted by atomic mass is 10.1. The van der Waals surface area contributed by atoms with Crippen LogP contribution in [-0.4, -0.2) is 28.4 Å². The largest absolute Gasteiger partial charge is 0.341 e. The van der Waals surface area contributed by atoms with Gasteiger partial charge in [0.25, 0.3) is 0 Å². The number of imidazole rings is 1. The highest BCUT2D eigenvalue weighted by atomic mass is 32.2. The molecule has 0 saturated carbocycles. The van der Waals surface area contributed by atoms with E-state index in [0.29, 0.717) is 5.56 Å².